The lowest BCUT2D eigenvalue weighted by molar-refractivity contribution is -0.193. The van der Waals surface area contributed by atoms with E-state index in [2.05, 4.69) is 9.88 Å². The summed E-state index contributed by atoms with van der Waals surface area (Å²) in [5, 5.41) is 14.2. The van der Waals surface area contributed by atoms with Crippen LogP contribution in [-0.4, -0.2) is 74.8 Å². The number of carbonyl (C=O) groups is 3. The predicted molar refractivity (Wildman–Crippen MR) is 108 cm³/mol. The first-order chi connectivity index (χ1) is 16.7. The lowest BCUT2D eigenvalue weighted by atomic mass is 10.0. The highest BCUT2D eigenvalue weighted by molar-refractivity contribution is 5.82. The normalized spacial score (nSPS) is 19.6. The Kier molecular flexibility index (Phi) is 9.44. The minimum atomic E-state index is -5.08. The summed E-state index contributed by atoms with van der Waals surface area (Å²) in [5.74, 6) is -4.59. The topological polar surface area (TPSA) is 124 Å². The van der Waals surface area contributed by atoms with E-state index in [1.54, 1.807) is 24.9 Å². The van der Waals surface area contributed by atoms with E-state index in [0.717, 1.165) is 31.7 Å². The third-order valence-electron chi connectivity index (χ3n) is 5.19. The maximum atomic E-state index is 12.6. The maximum absolute atomic E-state index is 12.6. The number of fused-ring (bicyclic) bond motifs is 1. The fourth-order valence-electron chi connectivity index (χ4n) is 3.65. The van der Waals surface area contributed by atoms with Crippen molar-refractivity contribution in [3.8, 4) is 0 Å². The van der Waals surface area contributed by atoms with E-state index in [9.17, 15) is 31.1 Å². The molecule has 0 saturated carbocycles. The number of halogens is 6. The molecule has 15 heteroatoms. The average Bonchev–Trinajstić information content (AvgIpc) is 3.48. The van der Waals surface area contributed by atoms with Crippen molar-refractivity contribution in [3.05, 3.63) is 54.2 Å². The Morgan fingerprint density at radius 1 is 0.917 bits per heavy atom. The van der Waals surface area contributed by atoms with Gasteiger partial charge in [-0.05, 0) is 23.8 Å². The van der Waals surface area contributed by atoms with Crippen molar-refractivity contribution < 1.29 is 55.4 Å². The number of alkyl halides is 6. The van der Waals surface area contributed by atoms with Crippen molar-refractivity contribution >= 4 is 17.8 Å². The molecular weight excluding hydrogens is 504 g/mol. The summed E-state index contributed by atoms with van der Waals surface area (Å²) in [4.78, 5) is 38.8. The smallest absolute Gasteiger partial charge is 0.475 e. The first kappa shape index (κ1) is 28.6. The van der Waals surface area contributed by atoms with Crippen molar-refractivity contribution in [1.82, 2.24) is 14.8 Å². The molecule has 36 heavy (non-hydrogen) atoms. The zero-order chi connectivity index (χ0) is 27.1. The van der Waals surface area contributed by atoms with Crippen LogP contribution in [0.5, 0.6) is 0 Å². The van der Waals surface area contributed by atoms with Gasteiger partial charge in [0.1, 0.15) is 0 Å². The van der Waals surface area contributed by atoms with Gasteiger partial charge in [-0.2, -0.15) is 26.3 Å². The highest BCUT2D eigenvalue weighted by Crippen LogP contribution is 2.33. The molecule has 2 aromatic rings. The zero-order valence-corrected chi connectivity index (χ0v) is 18.4. The van der Waals surface area contributed by atoms with Crippen molar-refractivity contribution in [1.29, 1.82) is 0 Å². The van der Waals surface area contributed by atoms with Crippen LogP contribution in [0.15, 0.2) is 47.5 Å². The quantitative estimate of drug-likeness (QED) is 0.584. The number of hydrogen-bond donors (Lipinski definition) is 2. The first-order valence-electron chi connectivity index (χ1n) is 10.2. The largest absolute Gasteiger partial charge is 0.490 e. The van der Waals surface area contributed by atoms with Crippen LogP contribution in [0.3, 0.4) is 0 Å². The molecule has 0 aromatic carbocycles. The van der Waals surface area contributed by atoms with Crippen LogP contribution in [0.1, 0.15) is 11.1 Å². The Bertz CT molecular complexity index is 989. The Morgan fingerprint density at radius 3 is 1.92 bits per heavy atom. The summed E-state index contributed by atoms with van der Waals surface area (Å²) >= 11 is 0. The second-order valence-electron chi connectivity index (χ2n) is 7.87. The van der Waals surface area contributed by atoms with Gasteiger partial charge in [0.05, 0.1) is 18.4 Å². The Labute approximate surface area is 199 Å². The minimum Gasteiger partial charge on any atom is -0.475 e. The molecule has 2 fully saturated rings. The fraction of sp³-hybridized carbons (Fsp3) is 0.429. The van der Waals surface area contributed by atoms with E-state index in [-0.39, 0.29) is 5.92 Å². The highest BCUT2D eigenvalue weighted by atomic mass is 19.4. The maximum Gasteiger partial charge on any atom is 0.490 e. The molecule has 2 aromatic heterocycles. The SMILES string of the molecule is O=C(O)C(F)(F)F.O=C(O)C(F)(F)F.O=C1[C@H]2CN(Cc3ccoc3)C[C@H]2CN1Cc1ccncc1. The van der Waals surface area contributed by atoms with Gasteiger partial charge in [0.15, 0.2) is 0 Å². The number of carbonyl (C=O) groups excluding carboxylic acids is 1. The van der Waals surface area contributed by atoms with Crippen molar-refractivity contribution in [2.45, 2.75) is 25.4 Å². The number of likely N-dealkylation sites (tertiary alicyclic amines) is 2. The molecule has 2 saturated heterocycles. The van der Waals surface area contributed by atoms with E-state index in [4.69, 9.17) is 24.2 Å². The molecule has 4 heterocycles. The van der Waals surface area contributed by atoms with Gasteiger partial charge in [-0.1, -0.05) is 0 Å². The van der Waals surface area contributed by atoms with E-state index in [0.29, 0.717) is 18.4 Å². The van der Waals surface area contributed by atoms with Crippen LogP contribution in [-0.2, 0) is 27.5 Å². The standard InChI is InChI=1S/C17H19N3O2.2C2HF3O2/c21-17-16-11-19(7-14-3-6-22-12-14)9-15(16)10-20(17)8-13-1-4-18-5-2-13;2*3-2(4,5)1(6)7/h1-6,12,15-16H,7-11H2;2*(H,6,7)/t15-,16-;;/m0../s1. The van der Waals surface area contributed by atoms with E-state index in [1.165, 1.54) is 5.56 Å². The average molecular weight is 525 g/mol. The number of pyridine rings is 1. The molecule has 2 aliphatic rings. The molecule has 2 aliphatic heterocycles. The first-order valence-corrected chi connectivity index (χ1v) is 10.2. The summed E-state index contributed by atoms with van der Waals surface area (Å²) in [6, 6.07) is 5.95. The van der Waals surface area contributed by atoms with Crippen LogP contribution >= 0.6 is 0 Å². The molecule has 0 bridgehead atoms. The van der Waals surface area contributed by atoms with E-state index >= 15 is 0 Å². The molecule has 4 rings (SSSR count). The number of aromatic nitrogens is 1. The summed E-state index contributed by atoms with van der Waals surface area (Å²) in [5.41, 5.74) is 2.33. The summed E-state index contributed by atoms with van der Waals surface area (Å²) in [6.45, 7) is 4.31. The second kappa shape index (κ2) is 11.9. The van der Waals surface area contributed by atoms with Crippen molar-refractivity contribution in [2.75, 3.05) is 19.6 Å². The monoisotopic (exact) mass is 525 g/mol. The van der Waals surface area contributed by atoms with Crippen LogP contribution in [0.25, 0.3) is 0 Å². The van der Waals surface area contributed by atoms with Gasteiger partial charge in [-0.3, -0.25) is 14.7 Å². The third-order valence-corrected chi connectivity index (χ3v) is 5.19. The number of furan rings is 1. The summed E-state index contributed by atoms with van der Waals surface area (Å²) < 4.78 is 68.6. The number of rotatable bonds is 4. The Morgan fingerprint density at radius 2 is 1.47 bits per heavy atom. The van der Waals surface area contributed by atoms with Gasteiger partial charge in [0.25, 0.3) is 0 Å². The van der Waals surface area contributed by atoms with Gasteiger partial charge >= 0.3 is 24.3 Å². The summed E-state index contributed by atoms with van der Waals surface area (Å²) in [7, 11) is 0. The highest BCUT2D eigenvalue weighted by Gasteiger charge is 2.45. The lowest BCUT2D eigenvalue weighted by Gasteiger charge is -2.21. The number of carboxylic acids is 2. The van der Waals surface area contributed by atoms with Crippen molar-refractivity contribution in [2.24, 2.45) is 11.8 Å². The van der Waals surface area contributed by atoms with Gasteiger partial charge in [0, 0.05) is 56.6 Å². The number of aliphatic carboxylic acids is 2. The van der Waals surface area contributed by atoms with Crippen molar-refractivity contribution in [3.63, 3.8) is 0 Å². The molecule has 198 valence electrons. The number of amides is 1. The molecule has 1 amide bonds. The molecule has 0 radical (unpaired) electrons. The minimum absolute atomic E-state index is 0.161. The lowest BCUT2D eigenvalue weighted by Crippen LogP contribution is -2.32. The second-order valence-corrected chi connectivity index (χ2v) is 7.87. The number of carboxylic acid groups (broad SMARTS) is 2. The van der Waals surface area contributed by atoms with E-state index < -0.39 is 24.3 Å². The van der Waals surface area contributed by atoms with Crippen LogP contribution < -0.4 is 0 Å². The van der Waals surface area contributed by atoms with Gasteiger partial charge in [-0.25, -0.2) is 9.59 Å². The molecule has 9 nitrogen and oxygen atoms in total. The van der Waals surface area contributed by atoms with Gasteiger partial charge in [0.2, 0.25) is 5.91 Å². The molecule has 2 N–H and O–H groups in total. The predicted octanol–water partition coefficient (Wildman–Crippen LogP) is 3.03. The molecule has 0 aliphatic carbocycles. The zero-order valence-electron chi connectivity index (χ0n) is 18.4. The Balaban J connectivity index is 0.000000271. The fourth-order valence-corrected chi connectivity index (χ4v) is 3.65. The number of hydrogen-bond acceptors (Lipinski definition) is 6. The molecular formula is C21H21F6N3O6. The van der Waals surface area contributed by atoms with Gasteiger partial charge in [-0.15, -0.1) is 0 Å². The molecule has 0 unspecified atom stereocenters. The third kappa shape index (κ3) is 8.55. The molecule has 2 atom stereocenters. The number of nitrogens with zero attached hydrogens (tertiary/aromatic N) is 3. The molecule has 0 spiro atoms. The summed E-state index contributed by atoms with van der Waals surface area (Å²) in [6.07, 6.45) is -3.12. The Hall–Kier alpha value is -3.62. The van der Waals surface area contributed by atoms with E-state index in [1.807, 2.05) is 23.1 Å². The van der Waals surface area contributed by atoms with Crippen LogP contribution in [0, 0.1) is 11.8 Å². The van der Waals surface area contributed by atoms with Crippen LogP contribution in [0.2, 0.25) is 0 Å². The van der Waals surface area contributed by atoms with Gasteiger partial charge < -0.3 is 19.5 Å². The van der Waals surface area contributed by atoms with Crippen LogP contribution in [0.4, 0.5) is 26.3 Å².